The lowest BCUT2D eigenvalue weighted by Gasteiger charge is -2.13. The van der Waals surface area contributed by atoms with Gasteiger partial charge in [-0.05, 0) is 37.9 Å². The quantitative estimate of drug-likeness (QED) is 0.784. The van der Waals surface area contributed by atoms with E-state index in [9.17, 15) is 0 Å². The van der Waals surface area contributed by atoms with Crippen LogP contribution in [0.25, 0.3) is 0 Å². The van der Waals surface area contributed by atoms with E-state index in [0.717, 1.165) is 5.92 Å². The van der Waals surface area contributed by atoms with Gasteiger partial charge < -0.3 is 5.32 Å². The summed E-state index contributed by atoms with van der Waals surface area (Å²) in [6, 6.07) is 5.18. The summed E-state index contributed by atoms with van der Waals surface area (Å²) in [6.45, 7) is 2.23. The molecule has 2 rings (SSSR count). The van der Waals surface area contributed by atoms with Crippen molar-refractivity contribution in [2.24, 2.45) is 5.92 Å². The number of aryl methyl sites for hydroxylation is 1. The lowest BCUT2D eigenvalue weighted by Crippen LogP contribution is -2.15. The predicted molar refractivity (Wildman–Crippen MR) is 62.8 cm³/mol. The molecular formula is C12H19NS. The van der Waals surface area contributed by atoms with Crippen molar-refractivity contribution in [2.75, 3.05) is 7.05 Å². The maximum Gasteiger partial charge on any atom is 0.0415 e. The number of hydrogen-bond donors (Lipinski definition) is 1. The van der Waals surface area contributed by atoms with Crippen LogP contribution in [-0.2, 0) is 6.42 Å². The molecule has 0 saturated heterocycles. The third-order valence-electron chi connectivity index (χ3n) is 2.99. The van der Waals surface area contributed by atoms with Crippen molar-refractivity contribution in [3.63, 3.8) is 0 Å². The van der Waals surface area contributed by atoms with Crippen LogP contribution in [0.1, 0.15) is 42.0 Å². The minimum Gasteiger partial charge on any atom is -0.312 e. The minimum atomic E-state index is 0.604. The van der Waals surface area contributed by atoms with Gasteiger partial charge in [0.2, 0.25) is 0 Å². The van der Waals surface area contributed by atoms with E-state index < -0.39 is 0 Å². The molecule has 1 fully saturated rings. The molecule has 0 spiro atoms. The van der Waals surface area contributed by atoms with Crippen LogP contribution in [-0.4, -0.2) is 7.05 Å². The maximum atomic E-state index is 3.44. The van der Waals surface area contributed by atoms with Gasteiger partial charge in [-0.15, -0.1) is 11.3 Å². The molecule has 1 heterocycles. The largest absolute Gasteiger partial charge is 0.312 e. The van der Waals surface area contributed by atoms with Gasteiger partial charge in [0.15, 0.2) is 0 Å². The van der Waals surface area contributed by atoms with Crippen LogP contribution in [0.15, 0.2) is 12.1 Å². The Kier molecular flexibility index (Phi) is 3.24. The Morgan fingerprint density at radius 3 is 2.79 bits per heavy atom. The summed E-state index contributed by atoms with van der Waals surface area (Å²) in [5, 5.41) is 3.44. The highest BCUT2D eigenvalue weighted by atomic mass is 32.1. The Bertz CT molecular complexity index is 288. The standard InChI is InChI=1S/C12H19NS/c1-3-10-6-7-12(14-10)11(13-2)8-9-4-5-9/h6-7,9,11,13H,3-5,8H2,1-2H3. The fourth-order valence-corrected chi connectivity index (χ4v) is 2.91. The van der Waals surface area contributed by atoms with Crippen LogP contribution >= 0.6 is 11.3 Å². The Morgan fingerprint density at radius 1 is 1.50 bits per heavy atom. The summed E-state index contributed by atoms with van der Waals surface area (Å²) in [7, 11) is 2.08. The topological polar surface area (TPSA) is 12.0 Å². The summed E-state index contributed by atoms with van der Waals surface area (Å²) in [6.07, 6.45) is 5.40. The normalized spacial score (nSPS) is 18.4. The highest BCUT2D eigenvalue weighted by Gasteiger charge is 2.26. The smallest absolute Gasteiger partial charge is 0.0415 e. The van der Waals surface area contributed by atoms with E-state index in [1.54, 1.807) is 0 Å². The molecule has 1 aromatic heterocycles. The summed E-state index contributed by atoms with van der Waals surface area (Å²) >= 11 is 1.97. The summed E-state index contributed by atoms with van der Waals surface area (Å²) < 4.78 is 0. The van der Waals surface area contributed by atoms with Gasteiger partial charge in [0, 0.05) is 15.8 Å². The zero-order valence-electron chi connectivity index (χ0n) is 9.05. The number of rotatable bonds is 5. The third kappa shape index (κ3) is 2.37. The first-order chi connectivity index (χ1) is 6.83. The van der Waals surface area contributed by atoms with Crippen LogP contribution < -0.4 is 5.32 Å². The molecule has 1 aliphatic rings. The Labute approximate surface area is 90.5 Å². The van der Waals surface area contributed by atoms with Crippen molar-refractivity contribution in [3.05, 3.63) is 21.9 Å². The van der Waals surface area contributed by atoms with E-state index in [-0.39, 0.29) is 0 Å². The molecule has 0 aliphatic heterocycles. The van der Waals surface area contributed by atoms with Gasteiger partial charge in [-0.2, -0.15) is 0 Å². The van der Waals surface area contributed by atoms with Crippen molar-refractivity contribution in [3.8, 4) is 0 Å². The first-order valence-electron chi connectivity index (χ1n) is 5.59. The van der Waals surface area contributed by atoms with Crippen molar-refractivity contribution < 1.29 is 0 Å². The zero-order valence-corrected chi connectivity index (χ0v) is 9.86. The first-order valence-corrected chi connectivity index (χ1v) is 6.41. The zero-order chi connectivity index (χ0) is 9.97. The van der Waals surface area contributed by atoms with Crippen molar-refractivity contribution >= 4 is 11.3 Å². The molecule has 0 bridgehead atoms. The fourth-order valence-electron chi connectivity index (χ4n) is 1.83. The average Bonchev–Trinajstić information content (AvgIpc) is 2.90. The molecule has 1 nitrogen and oxygen atoms in total. The minimum absolute atomic E-state index is 0.604. The molecule has 0 radical (unpaired) electrons. The second kappa shape index (κ2) is 4.45. The molecule has 1 unspecified atom stereocenters. The highest BCUT2D eigenvalue weighted by molar-refractivity contribution is 7.12. The van der Waals surface area contributed by atoms with Crippen molar-refractivity contribution in [1.29, 1.82) is 0 Å². The van der Waals surface area contributed by atoms with Crippen molar-refractivity contribution in [2.45, 2.75) is 38.6 Å². The van der Waals surface area contributed by atoms with E-state index >= 15 is 0 Å². The number of hydrogen-bond acceptors (Lipinski definition) is 2. The molecule has 1 N–H and O–H groups in total. The van der Waals surface area contributed by atoms with Gasteiger partial charge in [0.05, 0.1) is 0 Å². The van der Waals surface area contributed by atoms with Crippen LogP contribution in [0.4, 0.5) is 0 Å². The predicted octanol–water partition coefficient (Wildman–Crippen LogP) is 3.37. The molecule has 1 aliphatic carbocycles. The van der Waals surface area contributed by atoms with Gasteiger partial charge in [-0.3, -0.25) is 0 Å². The Morgan fingerprint density at radius 2 is 2.29 bits per heavy atom. The molecule has 1 atom stereocenters. The van der Waals surface area contributed by atoms with E-state index in [2.05, 4.69) is 31.4 Å². The fraction of sp³-hybridized carbons (Fsp3) is 0.667. The van der Waals surface area contributed by atoms with Crippen LogP contribution in [0.2, 0.25) is 0 Å². The molecule has 2 heteroatoms. The van der Waals surface area contributed by atoms with E-state index in [1.807, 2.05) is 11.3 Å². The van der Waals surface area contributed by atoms with E-state index in [4.69, 9.17) is 0 Å². The summed E-state index contributed by atoms with van der Waals surface area (Å²) in [5.41, 5.74) is 0. The molecule has 1 saturated carbocycles. The van der Waals surface area contributed by atoms with Gasteiger partial charge >= 0.3 is 0 Å². The lowest BCUT2D eigenvalue weighted by molar-refractivity contribution is 0.522. The Balaban J connectivity index is 2.01. The van der Waals surface area contributed by atoms with Gasteiger partial charge in [0.25, 0.3) is 0 Å². The molecule has 1 aromatic rings. The lowest BCUT2D eigenvalue weighted by atomic mass is 10.1. The molecule has 78 valence electrons. The monoisotopic (exact) mass is 209 g/mol. The molecular weight excluding hydrogens is 190 g/mol. The molecule has 0 aromatic carbocycles. The van der Waals surface area contributed by atoms with Crippen molar-refractivity contribution in [1.82, 2.24) is 5.32 Å². The summed E-state index contributed by atoms with van der Waals surface area (Å²) in [4.78, 5) is 3.03. The van der Waals surface area contributed by atoms with Crippen LogP contribution in [0, 0.1) is 5.92 Å². The molecule has 0 amide bonds. The number of thiophene rings is 1. The van der Waals surface area contributed by atoms with Crippen LogP contribution in [0.3, 0.4) is 0 Å². The van der Waals surface area contributed by atoms with Gasteiger partial charge in [0.1, 0.15) is 0 Å². The Hall–Kier alpha value is -0.340. The molecule has 14 heavy (non-hydrogen) atoms. The van der Waals surface area contributed by atoms with Gasteiger partial charge in [-0.1, -0.05) is 19.8 Å². The second-order valence-corrected chi connectivity index (χ2v) is 5.38. The highest BCUT2D eigenvalue weighted by Crippen LogP contribution is 2.38. The SMILES string of the molecule is CCc1ccc(C(CC2CC2)NC)s1. The van der Waals surface area contributed by atoms with Gasteiger partial charge in [-0.25, -0.2) is 0 Å². The second-order valence-electron chi connectivity index (χ2n) is 4.18. The van der Waals surface area contributed by atoms with E-state index in [0.29, 0.717) is 6.04 Å². The summed E-state index contributed by atoms with van der Waals surface area (Å²) in [5.74, 6) is 1.000. The third-order valence-corrected chi connectivity index (χ3v) is 4.33. The average molecular weight is 209 g/mol. The van der Waals surface area contributed by atoms with Crippen LogP contribution in [0.5, 0.6) is 0 Å². The van der Waals surface area contributed by atoms with E-state index in [1.165, 1.54) is 35.4 Å². The maximum absolute atomic E-state index is 3.44. The first kappa shape index (κ1) is 10.2. The number of nitrogens with one attached hydrogen (secondary N) is 1.